The number of carboxylic acids is 1. The van der Waals surface area contributed by atoms with Gasteiger partial charge in [0.05, 0.1) is 36.9 Å². The molecule has 0 aromatic rings. The van der Waals surface area contributed by atoms with Crippen molar-refractivity contribution in [3.8, 4) is 0 Å². The summed E-state index contributed by atoms with van der Waals surface area (Å²) in [5, 5.41) is 65.1. The van der Waals surface area contributed by atoms with Crippen LogP contribution in [0.2, 0.25) is 0 Å². The molecule has 0 unspecified atom stereocenters. The number of fused-ring (bicyclic) bond motifs is 7. The molecule has 37 heavy (non-hydrogen) atoms. The molecule has 0 spiro atoms. The van der Waals surface area contributed by atoms with E-state index < -0.39 is 46.4 Å². The molecule has 5 aliphatic rings. The van der Waals surface area contributed by atoms with Crippen LogP contribution in [-0.2, 0) is 4.79 Å². The van der Waals surface area contributed by atoms with Crippen molar-refractivity contribution in [2.45, 2.75) is 104 Å². The summed E-state index contributed by atoms with van der Waals surface area (Å²) in [6, 6.07) is 0. The molecule has 7 nitrogen and oxygen atoms in total. The van der Waals surface area contributed by atoms with E-state index in [0.29, 0.717) is 38.5 Å². The first-order valence-electron chi connectivity index (χ1n) is 14.3. The molecule has 10 atom stereocenters. The molecule has 0 radical (unpaired) electrons. The maximum absolute atomic E-state index is 12.8. The quantitative estimate of drug-likeness (QED) is 0.314. The first-order valence-corrected chi connectivity index (χ1v) is 14.3. The lowest BCUT2D eigenvalue weighted by Crippen LogP contribution is -2.70. The molecule has 0 saturated heterocycles. The van der Waals surface area contributed by atoms with E-state index in [1.165, 1.54) is 0 Å². The minimum Gasteiger partial charge on any atom is -0.481 e. The summed E-state index contributed by atoms with van der Waals surface area (Å²) >= 11 is 0. The lowest BCUT2D eigenvalue weighted by Gasteiger charge is -2.72. The van der Waals surface area contributed by atoms with Gasteiger partial charge in [0.25, 0.3) is 0 Å². The van der Waals surface area contributed by atoms with Crippen molar-refractivity contribution in [3.63, 3.8) is 0 Å². The number of hydrogen-bond acceptors (Lipinski definition) is 6. The molecule has 0 bridgehead atoms. The minimum atomic E-state index is -1.18. The highest BCUT2D eigenvalue weighted by atomic mass is 16.4. The van der Waals surface area contributed by atoms with Crippen molar-refractivity contribution in [2.75, 3.05) is 13.2 Å². The molecule has 4 fully saturated rings. The highest BCUT2D eigenvalue weighted by Gasteiger charge is 2.72. The van der Waals surface area contributed by atoms with E-state index in [4.69, 9.17) is 0 Å². The largest absolute Gasteiger partial charge is 0.481 e. The van der Waals surface area contributed by atoms with Gasteiger partial charge in [-0.1, -0.05) is 46.3 Å². The van der Waals surface area contributed by atoms with Crippen LogP contribution in [0.5, 0.6) is 0 Å². The Labute approximate surface area is 221 Å². The molecular weight excluding hydrogens is 472 g/mol. The van der Waals surface area contributed by atoms with Crippen LogP contribution in [0.1, 0.15) is 86.0 Å². The molecule has 210 valence electrons. The predicted octanol–water partition coefficient (Wildman–Crippen LogP) is 3.12. The third kappa shape index (κ3) is 3.15. The Hall–Kier alpha value is -0.990. The average Bonchev–Trinajstić information content (AvgIpc) is 2.83. The van der Waals surface area contributed by atoms with Gasteiger partial charge < -0.3 is 30.6 Å². The highest BCUT2D eigenvalue weighted by molar-refractivity contribution is 5.77. The highest BCUT2D eigenvalue weighted by Crippen LogP contribution is 2.75. The number of carboxylic acid groups (broad SMARTS) is 1. The minimum absolute atomic E-state index is 0.123. The van der Waals surface area contributed by atoms with Crippen LogP contribution < -0.4 is 0 Å². The maximum atomic E-state index is 12.8. The predicted molar refractivity (Wildman–Crippen MR) is 138 cm³/mol. The topological polar surface area (TPSA) is 138 Å². The van der Waals surface area contributed by atoms with E-state index in [9.17, 15) is 35.4 Å². The Bertz CT molecular complexity index is 986. The van der Waals surface area contributed by atoms with E-state index in [2.05, 4.69) is 26.8 Å². The van der Waals surface area contributed by atoms with Gasteiger partial charge in [0.15, 0.2) is 0 Å². The molecule has 0 aromatic carbocycles. The molecule has 0 amide bonds. The van der Waals surface area contributed by atoms with Gasteiger partial charge in [-0.25, -0.2) is 0 Å². The van der Waals surface area contributed by atoms with Crippen LogP contribution in [-0.4, -0.2) is 68.1 Å². The van der Waals surface area contributed by atoms with Gasteiger partial charge in [-0.2, -0.15) is 0 Å². The summed E-state index contributed by atoms with van der Waals surface area (Å²) in [6.07, 6.45) is 4.43. The Morgan fingerprint density at radius 3 is 2.11 bits per heavy atom. The summed E-state index contributed by atoms with van der Waals surface area (Å²) in [5.41, 5.74) is -2.32. The molecule has 0 aliphatic heterocycles. The Kier molecular flexibility index (Phi) is 6.16. The van der Waals surface area contributed by atoms with Crippen molar-refractivity contribution >= 4 is 5.97 Å². The third-order valence-electron chi connectivity index (χ3n) is 13.4. The zero-order valence-electron chi connectivity index (χ0n) is 23.2. The van der Waals surface area contributed by atoms with Crippen LogP contribution in [0.25, 0.3) is 0 Å². The fraction of sp³-hybridized carbons (Fsp3) is 0.900. The molecule has 6 N–H and O–H groups in total. The van der Waals surface area contributed by atoms with Crippen LogP contribution in [0.4, 0.5) is 0 Å². The number of allylic oxidation sites excluding steroid dienone is 1. The number of carbonyl (C=O) groups is 1. The fourth-order valence-corrected chi connectivity index (χ4v) is 10.8. The molecule has 7 heteroatoms. The smallest absolute Gasteiger partial charge is 0.310 e. The number of aliphatic carboxylic acids is 1. The van der Waals surface area contributed by atoms with E-state index in [0.717, 1.165) is 18.4 Å². The second kappa shape index (κ2) is 8.26. The van der Waals surface area contributed by atoms with Gasteiger partial charge in [0, 0.05) is 11.3 Å². The molecule has 4 saturated carbocycles. The van der Waals surface area contributed by atoms with Gasteiger partial charge >= 0.3 is 5.97 Å². The van der Waals surface area contributed by atoms with Gasteiger partial charge in [-0.15, -0.1) is 0 Å². The van der Waals surface area contributed by atoms with E-state index in [1.54, 1.807) is 0 Å². The first kappa shape index (κ1) is 27.6. The van der Waals surface area contributed by atoms with Crippen LogP contribution >= 0.6 is 0 Å². The van der Waals surface area contributed by atoms with Crippen molar-refractivity contribution < 1.29 is 35.4 Å². The van der Waals surface area contributed by atoms with Crippen molar-refractivity contribution in [1.82, 2.24) is 0 Å². The maximum Gasteiger partial charge on any atom is 0.310 e. The summed E-state index contributed by atoms with van der Waals surface area (Å²) in [5.74, 6) is -1.24. The zero-order valence-corrected chi connectivity index (χ0v) is 23.2. The summed E-state index contributed by atoms with van der Waals surface area (Å²) in [6.45, 7) is 10.1. The zero-order chi connectivity index (χ0) is 27.4. The van der Waals surface area contributed by atoms with Crippen molar-refractivity contribution in [1.29, 1.82) is 0 Å². The SMILES string of the molecule is CC1(C)CC[C@]2(C(=O)O)CC[C@]3(C)C(=CC[C@@H]4[C@@]5(C)C[C@@H](O)[C@H](O)C(CO)(CO)[C@H]5CC[C@]43C)[C@H]2[C@@H]1O. The summed E-state index contributed by atoms with van der Waals surface area (Å²) in [4.78, 5) is 12.8. The van der Waals surface area contributed by atoms with E-state index >= 15 is 0 Å². The first-order chi connectivity index (χ1) is 17.1. The van der Waals surface area contributed by atoms with Crippen molar-refractivity contribution in [3.05, 3.63) is 11.6 Å². The van der Waals surface area contributed by atoms with Gasteiger partial charge in [0.2, 0.25) is 0 Å². The molecule has 5 rings (SSSR count). The Morgan fingerprint density at radius 1 is 0.892 bits per heavy atom. The standard InChI is InChI=1S/C30H48O7/c1-25(2)10-12-29(24(36)37)13-11-27(4)17(21(29)23(25)35)6-7-19-26(3)14-18(33)22(34)30(15-31,16-32)20(26)8-9-28(19,27)5/h6,18-23,31-35H,7-16H2,1-5H3,(H,36,37)/t18-,19-,20+,21+,22+,23+,26-,27-,28-,29+/m1/s1. The van der Waals surface area contributed by atoms with E-state index in [-0.39, 0.29) is 41.3 Å². The third-order valence-corrected chi connectivity index (χ3v) is 13.4. The van der Waals surface area contributed by atoms with Crippen molar-refractivity contribution in [2.24, 2.45) is 50.2 Å². The lowest BCUT2D eigenvalue weighted by atomic mass is 9.33. The summed E-state index contributed by atoms with van der Waals surface area (Å²) < 4.78 is 0. The second-order valence-electron chi connectivity index (χ2n) is 14.9. The summed E-state index contributed by atoms with van der Waals surface area (Å²) in [7, 11) is 0. The van der Waals surface area contributed by atoms with Crippen LogP contribution in [0, 0.1) is 50.2 Å². The number of hydrogen-bond donors (Lipinski definition) is 6. The van der Waals surface area contributed by atoms with Gasteiger partial charge in [0.1, 0.15) is 0 Å². The van der Waals surface area contributed by atoms with Gasteiger partial charge in [-0.05, 0) is 84.9 Å². The average molecular weight is 521 g/mol. The molecule has 0 heterocycles. The fourth-order valence-electron chi connectivity index (χ4n) is 10.8. The lowest BCUT2D eigenvalue weighted by molar-refractivity contribution is -0.258. The Morgan fingerprint density at radius 2 is 1.51 bits per heavy atom. The number of rotatable bonds is 3. The van der Waals surface area contributed by atoms with Crippen LogP contribution in [0.15, 0.2) is 11.6 Å². The number of aliphatic hydroxyl groups excluding tert-OH is 5. The van der Waals surface area contributed by atoms with Crippen LogP contribution in [0.3, 0.4) is 0 Å². The Balaban J connectivity index is 1.64. The van der Waals surface area contributed by atoms with E-state index in [1.807, 2.05) is 13.8 Å². The monoisotopic (exact) mass is 520 g/mol. The molecule has 5 aliphatic carbocycles. The molecule has 0 aromatic heterocycles. The van der Waals surface area contributed by atoms with Gasteiger partial charge in [-0.3, -0.25) is 4.79 Å². The second-order valence-corrected chi connectivity index (χ2v) is 14.9. The molecular formula is C30H48O7. The number of aliphatic hydroxyl groups is 5. The normalized spacial score (nSPS) is 52.1.